The zero-order valence-electron chi connectivity index (χ0n) is 15.5. The van der Waals surface area contributed by atoms with E-state index < -0.39 is 0 Å². The van der Waals surface area contributed by atoms with E-state index in [4.69, 9.17) is 9.26 Å². The van der Waals surface area contributed by atoms with Crippen LogP contribution in [0.25, 0.3) is 10.9 Å². The van der Waals surface area contributed by atoms with Crippen LogP contribution in [0, 0.1) is 6.92 Å². The van der Waals surface area contributed by atoms with Crippen molar-refractivity contribution in [1.29, 1.82) is 0 Å². The minimum absolute atomic E-state index is 0.119. The number of hydrogen-bond donors (Lipinski definition) is 2. The van der Waals surface area contributed by atoms with E-state index in [-0.39, 0.29) is 12.1 Å². The number of hydrogen-bond acceptors (Lipinski definition) is 5. The fraction of sp³-hybridized carbons (Fsp3) is 0.421. The highest BCUT2D eigenvalue weighted by Gasteiger charge is 2.31. The van der Waals surface area contributed by atoms with Gasteiger partial charge in [-0.05, 0) is 50.5 Å². The summed E-state index contributed by atoms with van der Waals surface area (Å²) in [5.74, 6) is 1.91. The Labute approximate surface area is 156 Å². The first-order valence-corrected chi connectivity index (χ1v) is 9.14. The summed E-state index contributed by atoms with van der Waals surface area (Å²) in [4.78, 5) is 22.2. The second-order valence-electron chi connectivity index (χ2n) is 6.79. The van der Waals surface area contributed by atoms with E-state index in [1.165, 1.54) is 0 Å². The summed E-state index contributed by atoms with van der Waals surface area (Å²) in [6.45, 7) is 2.88. The molecule has 4 rings (SSSR count). The van der Waals surface area contributed by atoms with Crippen molar-refractivity contribution in [3.63, 3.8) is 0 Å². The van der Waals surface area contributed by atoms with Crippen LogP contribution >= 0.6 is 0 Å². The van der Waals surface area contributed by atoms with Crippen LogP contribution in [0.4, 0.5) is 4.79 Å². The Hall–Kier alpha value is -3.03. The van der Waals surface area contributed by atoms with Crippen LogP contribution in [0.3, 0.4) is 0 Å². The molecule has 2 amide bonds. The zero-order chi connectivity index (χ0) is 18.8. The van der Waals surface area contributed by atoms with Gasteiger partial charge in [0.2, 0.25) is 5.89 Å². The van der Waals surface area contributed by atoms with Crippen molar-refractivity contribution in [3.8, 4) is 5.75 Å². The molecule has 1 saturated heterocycles. The van der Waals surface area contributed by atoms with Crippen molar-refractivity contribution < 1.29 is 14.1 Å². The number of fused-ring (bicyclic) bond motifs is 1. The molecule has 2 aromatic heterocycles. The number of piperidine rings is 1. The molecular weight excluding hydrogens is 346 g/mol. The normalized spacial score (nSPS) is 17.3. The van der Waals surface area contributed by atoms with Gasteiger partial charge < -0.3 is 24.5 Å². The van der Waals surface area contributed by atoms with Crippen LogP contribution in [-0.2, 0) is 6.54 Å². The van der Waals surface area contributed by atoms with E-state index in [1.54, 1.807) is 18.9 Å². The SMILES string of the molecule is COc1ccc2[nH]c(CNC(=O)N3CCCC[C@H]3c3nc(C)no3)cc2c1. The standard InChI is InChI=1S/C19H23N5O3/c1-12-21-18(27-23-12)17-5-3-4-8-24(17)19(25)20-11-14-9-13-10-15(26-2)6-7-16(13)22-14/h6-7,9-10,17,22H,3-5,8,11H2,1-2H3,(H,20,25)/t17-/m0/s1. The smallest absolute Gasteiger partial charge is 0.318 e. The van der Waals surface area contributed by atoms with Crippen molar-refractivity contribution in [2.24, 2.45) is 0 Å². The number of amides is 2. The van der Waals surface area contributed by atoms with Crippen molar-refractivity contribution >= 4 is 16.9 Å². The van der Waals surface area contributed by atoms with Gasteiger partial charge in [-0.2, -0.15) is 4.98 Å². The average Bonchev–Trinajstić information content (AvgIpc) is 3.31. The van der Waals surface area contributed by atoms with Gasteiger partial charge in [-0.15, -0.1) is 0 Å². The number of carbonyl (C=O) groups is 1. The number of aryl methyl sites for hydroxylation is 1. The molecule has 0 spiro atoms. The number of carbonyl (C=O) groups excluding carboxylic acids is 1. The molecule has 27 heavy (non-hydrogen) atoms. The number of likely N-dealkylation sites (tertiary alicyclic amines) is 1. The summed E-state index contributed by atoms with van der Waals surface area (Å²) in [6, 6.07) is 7.59. The van der Waals surface area contributed by atoms with Crippen molar-refractivity contribution in [3.05, 3.63) is 41.7 Å². The number of urea groups is 1. The number of ether oxygens (including phenoxy) is 1. The Bertz CT molecular complexity index is 948. The van der Waals surface area contributed by atoms with Crippen molar-refractivity contribution in [1.82, 2.24) is 25.3 Å². The lowest BCUT2D eigenvalue weighted by Crippen LogP contribution is -2.44. The predicted octanol–water partition coefficient (Wildman–Crippen LogP) is 3.30. The number of aromatic nitrogens is 3. The summed E-state index contributed by atoms with van der Waals surface area (Å²) < 4.78 is 10.6. The van der Waals surface area contributed by atoms with E-state index in [9.17, 15) is 4.79 Å². The molecule has 1 aliphatic rings. The maximum absolute atomic E-state index is 12.8. The largest absolute Gasteiger partial charge is 0.497 e. The second-order valence-corrected chi connectivity index (χ2v) is 6.79. The van der Waals surface area contributed by atoms with E-state index in [2.05, 4.69) is 20.4 Å². The molecular formula is C19H23N5O3. The van der Waals surface area contributed by atoms with E-state index >= 15 is 0 Å². The summed E-state index contributed by atoms with van der Waals surface area (Å²) in [6.07, 6.45) is 2.85. The Kier molecular flexibility index (Phi) is 4.70. The predicted molar refractivity (Wildman–Crippen MR) is 99.4 cm³/mol. The number of aromatic amines is 1. The van der Waals surface area contributed by atoms with Crippen LogP contribution < -0.4 is 10.1 Å². The summed E-state index contributed by atoms with van der Waals surface area (Å²) >= 11 is 0. The van der Waals surface area contributed by atoms with Crippen molar-refractivity contribution in [2.45, 2.75) is 38.8 Å². The lowest BCUT2D eigenvalue weighted by molar-refractivity contribution is 0.131. The van der Waals surface area contributed by atoms with Gasteiger partial charge in [0, 0.05) is 23.1 Å². The number of H-pyrrole nitrogens is 1. The number of nitrogens with one attached hydrogen (secondary N) is 2. The third-order valence-electron chi connectivity index (χ3n) is 4.91. The van der Waals surface area contributed by atoms with Gasteiger partial charge in [0.1, 0.15) is 11.8 Å². The number of nitrogens with zero attached hydrogens (tertiary/aromatic N) is 3. The fourth-order valence-corrected chi connectivity index (χ4v) is 3.55. The Morgan fingerprint density at radius 2 is 2.30 bits per heavy atom. The van der Waals surface area contributed by atoms with Gasteiger partial charge in [0.15, 0.2) is 5.82 Å². The summed E-state index contributed by atoms with van der Waals surface area (Å²) in [5, 5.41) is 7.91. The zero-order valence-corrected chi connectivity index (χ0v) is 15.5. The average molecular weight is 369 g/mol. The molecule has 1 atom stereocenters. The van der Waals surface area contributed by atoms with Crippen molar-refractivity contribution in [2.75, 3.05) is 13.7 Å². The summed E-state index contributed by atoms with van der Waals surface area (Å²) in [7, 11) is 1.65. The van der Waals surface area contributed by atoms with Gasteiger partial charge in [-0.25, -0.2) is 4.79 Å². The molecule has 8 heteroatoms. The maximum Gasteiger partial charge on any atom is 0.318 e. The highest BCUT2D eigenvalue weighted by atomic mass is 16.5. The molecule has 0 saturated carbocycles. The first kappa shape index (κ1) is 17.4. The Morgan fingerprint density at radius 3 is 3.07 bits per heavy atom. The molecule has 0 unspecified atom stereocenters. The maximum atomic E-state index is 12.8. The van der Waals surface area contributed by atoms with Gasteiger partial charge in [0.25, 0.3) is 0 Å². The highest BCUT2D eigenvalue weighted by Crippen LogP contribution is 2.30. The number of rotatable bonds is 4. The molecule has 142 valence electrons. The monoisotopic (exact) mass is 369 g/mol. The summed E-state index contributed by atoms with van der Waals surface area (Å²) in [5.41, 5.74) is 1.95. The van der Waals surface area contributed by atoms with Crippen LogP contribution in [0.5, 0.6) is 5.75 Å². The molecule has 0 aliphatic carbocycles. The third-order valence-corrected chi connectivity index (χ3v) is 4.91. The topological polar surface area (TPSA) is 96.3 Å². The first-order valence-electron chi connectivity index (χ1n) is 9.14. The van der Waals surface area contributed by atoms with E-state index in [0.29, 0.717) is 24.8 Å². The van der Waals surface area contributed by atoms with Gasteiger partial charge >= 0.3 is 6.03 Å². The van der Waals surface area contributed by atoms with E-state index in [1.807, 2.05) is 24.3 Å². The Balaban J connectivity index is 1.44. The lowest BCUT2D eigenvalue weighted by Gasteiger charge is -2.33. The second kappa shape index (κ2) is 7.30. The van der Waals surface area contributed by atoms with Gasteiger partial charge in [-0.3, -0.25) is 0 Å². The molecule has 1 aromatic carbocycles. The minimum Gasteiger partial charge on any atom is -0.497 e. The quantitative estimate of drug-likeness (QED) is 0.735. The van der Waals surface area contributed by atoms with Crippen LogP contribution in [0.1, 0.15) is 42.7 Å². The number of methoxy groups -OCH3 is 1. The Morgan fingerprint density at radius 1 is 1.41 bits per heavy atom. The number of benzene rings is 1. The highest BCUT2D eigenvalue weighted by molar-refractivity contribution is 5.82. The minimum atomic E-state index is -0.160. The molecule has 0 bridgehead atoms. The van der Waals surface area contributed by atoms with Crippen LogP contribution in [-0.4, -0.2) is 39.7 Å². The van der Waals surface area contributed by atoms with Crippen LogP contribution in [0.15, 0.2) is 28.8 Å². The third kappa shape index (κ3) is 3.60. The first-order chi connectivity index (χ1) is 13.1. The lowest BCUT2D eigenvalue weighted by atomic mass is 10.0. The van der Waals surface area contributed by atoms with Crippen LogP contribution in [0.2, 0.25) is 0 Å². The molecule has 0 radical (unpaired) electrons. The van der Waals surface area contributed by atoms with E-state index in [0.717, 1.165) is 41.6 Å². The van der Waals surface area contributed by atoms with Gasteiger partial charge in [-0.1, -0.05) is 5.16 Å². The molecule has 3 heterocycles. The molecule has 3 aromatic rings. The molecule has 2 N–H and O–H groups in total. The fourth-order valence-electron chi connectivity index (χ4n) is 3.55. The molecule has 1 aliphatic heterocycles. The van der Waals surface area contributed by atoms with Gasteiger partial charge in [0.05, 0.1) is 13.7 Å². The molecule has 8 nitrogen and oxygen atoms in total. The molecule has 1 fully saturated rings.